The maximum absolute atomic E-state index is 14.1. The SMILES string of the molecule is COc1cccc(Sc2cc(C(F)(F)F)cc(Sc3cccc(OC)c3)c2C(=O)Nc2cccc3cccnc23)c1. The van der Waals surface area contributed by atoms with E-state index in [2.05, 4.69) is 10.3 Å². The summed E-state index contributed by atoms with van der Waals surface area (Å²) in [6.45, 7) is 0. The highest BCUT2D eigenvalue weighted by Crippen LogP contribution is 2.44. The van der Waals surface area contributed by atoms with Crippen LogP contribution in [0.1, 0.15) is 15.9 Å². The lowest BCUT2D eigenvalue weighted by molar-refractivity contribution is -0.137. The molecule has 5 rings (SSSR count). The summed E-state index contributed by atoms with van der Waals surface area (Å²) >= 11 is 2.11. The lowest BCUT2D eigenvalue weighted by Gasteiger charge is -2.18. The van der Waals surface area contributed by atoms with Crippen molar-refractivity contribution in [3.63, 3.8) is 0 Å². The molecule has 0 saturated carbocycles. The quantitative estimate of drug-likeness (QED) is 0.194. The lowest BCUT2D eigenvalue weighted by atomic mass is 10.1. The molecule has 1 aromatic heterocycles. The van der Waals surface area contributed by atoms with Crippen LogP contribution in [0.4, 0.5) is 18.9 Å². The third kappa shape index (κ3) is 6.61. The summed E-state index contributed by atoms with van der Waals surface area (Å²) in [5, 5.41) is 3.71. The summed E-state index contributed by atoms with van der Waals surface area (Å²) in [5.41, 5.74) is 0.255. The maximum atomic E-state index is 14.1. The summed E-state index contributed by atoms with van der Waals surface area (Å²) in [4.78, 5) is 19.9. The van der Waals surface area contributed by atoms with Crippen LogP contribution >= 0.6 is 23.5 Å². The number of hydrogen-bond donors (Lipinski definition) is 1. The van der Waals surface area contributed by atoms with Crippen LogP contribution in [0, 0.1) is 0 Å². The van der Waals surface area contributed by atoms with Gasteiger partial charge in [0, 0.05) is 31.2 Å². The molecule has 0 fully saturated rings. The van der Waals surface area contributed by atoms with E-state index in [4.69, 9.17) is 9.47 Å². The van der Waals surface area contributed by atoms with Gasteiger partial charge in [-0.05, 0) is 60.7 Å². The van der Waals surface area contributed by atoms with Gasteiger partial charge in [-0.1, -0.05) is 53.9 Å². The Morgan fingerprint density at radius 3 is 1.90 bits per heavy atom. The van der Waals surface area contributed by atoms with Crippen molar-refractivity contribution in [3.8, 4) is 11.5 Å². The van der Waals surface area contributed by atoms with Crippen molar-refractivity contribution in [2.24, 2.45) is 0 Å². The van der Waals surface area contributed by atoms with Crippen LogP contribution in [-0.4, -0.2) is 25.1 Å². The molecule has 0 aliphatic rings. The number of alkyl halides is 3. The van der Waals surface area contributed by atoms with Crippen molar-refractivity contribution >= 4 is 46.0 Å². The number of rotatable bonds is 8. The first kappa shape index (κ1) is 28.4. The molecular weight excluding hydrogens is 569 g/mol. The zero-order valence-corrected chi connectivity index (χ0v) is 23.5. The van der Waals surface area contributed by atoms with Crippen molar-refractivity contribution in [2.45, 2.75) is 25.8 Å². The molecule has 0 aliphatic carbocycles. The Kier molecular flexibility index (Phi) is 8.41. The Balaban J connectivity index is 1.67. The molecule has 41 heavy (non-hydrogen) atoms. The van der Waals surface area contributed by atoms with Crippen molar-refractivity contribution in [3.05, 3.63) is 108 Å². The first-order valence-electron chi connectivity index (χ1n) is 12.3. The monoisotopic (exact) mass is 592 g/mol. The van der Waals surface area contributed by atoms with Crippen molar-refractivity contribution < 1.29 is 27.4 Å². The number of hydrogen-bond acceptors (Lipinski definition) is 6. The fraction of sp³-hybridized carbons (Fsp3) is 0.0968. The zero-order valence-electron chi connectivity index (χ0n) is 21.9. The number of carbonyl (C=O) groups excluding carboxylic acids is 1. The van der Waals surface area contributed by atoms with E-state index in [0.29, 0.717) is 32.5 Å². The van der Waals surface area contributed by atoms with Crippen molar-refractivity contribution in [2.75, 3.05) is 19.5 Å². The van der Waals surface area contributed by atoms with Gasteiger partial charge in [0.05, 0.1) is 36.6 Å². The second-order valence-electron chi connectivity index (χ2n) is 8.74. The number of amides is 1. The molecule has 5 nitrogen and oxygen atoms in total. The zero-order chi connectivity index (χ0) is 29.0. The van der Waals surface area contributed by atoms with Crippen LogP contribution in [0.2, 0.25) is 0 Å². The fourth-order valence-corrected chi connectivity index (χ4v) is 6.31. The van der Waals surface area contributed by atoms with Gasteiger partial charge in [-0.15, -0.1) is 0 Å². The van der Waals surface area contributed by atoms with Crippen LogP contribution in [0.15, 0.2) is 117 Å². The molecule has 0 radical (unpaired) electrons. The molecule has 0 aliphatic heterocycles. The van der Waals surface area contributed by atoms with Gasteiger partial charge in [0.15, 0.2) is 0 Å². The molecule has 1 N–H and O–H groups in total. The Morgan fingerprint density at radius 1 is 0.780 bits per heavy atom. The van der Waals surface area contributed by atoms with Crippen LogP contribution < -0.4 is 14.8 Å². The summed E-state index contributed by atoms with van der Waals surface area (Å²) in [6.07, 6.45) is -3.02. The highest BCUT2D eigenvalue weighted by molar-refractivity contribution is 8.00. The van der Waals surface area contributed by atoms with Gasteiger partial charge in [0.1, 0.15) is 11.5 Å². The van der Waals surface area contributed by atoms with E-state index in [9.17, 15) is 18.0 Å². The lowest BCUT2D eigenvalue weighted by Crippen LogP contribution is -2.16. The minimum Gasteiger partial charge on any atom is -0.497 e. The Hall–Kier alpha value is -4.15. The number of fused-ring (bicyclic) bond motifs is 1. The Labute approximate surface area is 243 Å². The van der Waals surface area contributed by atoms with E-state index >= 15 is 0 Å². The van der Waals surface area contributed by atoms with Gasteiger partial charge in [-0.3, -0.25) is 9.78 Å². The number of para-hydroxylation sites is 1. The number of benzene rings is 4. The van der Waals surface area contributed by atoms with Crippen LogP contribution in [0.25, 0.3) is 10.9 Å². The van der Waals surface area contributed by atoms with Gasteiger partial charge in [-0.2, -0.15) is 13.2 Å². The predicted octanol–water partition coefficient (Wildman–Crippen LogP) is 8.83. The first-order valence-corrected chi connectivity index (χ1v) is 13.9. The van der Waals surface area contributed by atoms with Gasteiger partial charge in [0.25, 0.3) is 5.91 Å². The standard InChI is InChI=1S/C31H23F3N2O3S2/c1-38-21-9-4-11-23(17-21)40-26-15-20(31(32,33)34)16-27(41-24-12-5-10-22(18-24)39-2)28(26)30(37)36-25-13-3-7-19-8-6-14-35-29(19)25/h3-18H,1-2H3,(H,36,37). The molecule has 208 valence electrons. The minimum absolute atomic E-state index is 0.103. The van der Waals surface area contributed by atoms with Gasteiger partial charge >= 0.3 is 6.18 Å². The van der Waals surface area contributed by atoms with Gasteiger partial charge in [0.2, 0.25) is 0 Å². The molecule has 0 bridgehead atoms. The number of aromatic nitrogens is 1. The first-order chi connectivity index (χ1) is 19.7. The Morgan fingerprint density at radius 2 is 1.34 bits per heavy atom. The molecule has 0 spiro atoms. The average molecular weight is 593 g/mol. The number of nitrogens with one attached hydrogen (secondary N) is 1. The third-order valence-corrected chi connectivity index (χ3v) is 8.10. The molecule has 0 atom stereocenters. The highest BCUT2D eigenvalue weighted by atomic mass is 32.2. The van der Waals surface area contributed by atoms with Crippen LogP contribution in [0.5, 0.6) is 11.5 Å². The van der Waals surface area contributed by atoms with Crippen molar-refractivity contribution in [1.29, 1.82) is 0 Å². The number of carbonyl (C=O) groups is 1. The number of pyridine rings is 1. The number of methoxy groups -OCH3 is 2. The number of halogens is 3. The van der Waals surface area contributed by atoms with Crippen LogP contribution in [-0.2, 0) is 6.18 Å². The average Bonchev–Trinajstić information content (AvgIpc) is 2.97. The van der Waals surface area contributed by atoms with Gasteiger partial charge < -0.3 is 14.8 Å². The Bertz CT molecular complexity index is 1650. The topological polar surface area (TPSA) is 60.5 Å². The van der Waals surface area contributed by atoms with E-state index in [1.807, 2.05) is 12.1 Å². The molecule has 5 aromatic rings. The third-order valence-electron chi connectivity index (χ3n) is 6.04. The van der Waals surface area contributed by atoms with E-state index in [1.54, 1.807) is 72.9 Å². The largest absolute Gasteiger partial charge is 0.497 e. The minimum atomic E-state index is -4.64. The van der Waals surface area contributed by atoms with Crippen LogP contribution in [0.3, 0.4) is 0 Å². The van der Waals surface area contributed by atoms with E-state index < -0.39 is 17.6 Å². The molecule has 4 aromatic carbocycles. The predicted molar refractivity (Wildman–Crippen MR) is 155 cm³/mol. The summed E-state index contributed by atoms with van der Waals surface area (Å²) in [5.74, 6) is 0.522. The fourth-order valence-electron chi connectivity index (χ4n) is 4.11. The number of anilines is 1. The molecule has 1 heterocycles. The summed E-state index contributed by atoms with van der Waals surface area (Å²) < 4.78 is 53.0. The summed E-state index contributed by atoms with van der Waals surface area (Å²) in [6, 6.07) is 24.9. The highest BCUT2D eigenvalue weighted by Gasteiger charge is 2.34. The van der Waals surface area contributed by atoms with Gasteiger partial charge in [-0.25, -0.2) is 0 Å². The van der Waals surface area contributed by atoms with Crippen molar-refractivity contribution in [1.82, 2.24) is 4.98 Å². The van der Waals surface area contributed by atoms with E-state index in [1.165, 1.54) is 14.2 Å². The normalized spacial score (nSPS) is 11.3. The molecule has 0 saturated heterocycles. The van der Waals surface area contributed by atoms with E-state index in [-0.39, 0.29) is 15.4 Å². The maximum Gasteiger partial charge on any atom is 0.416 e. The number of nitrogens with zero attached hydrogens (tertiary/aromatic N) is 1. The second-order valence-corrected chi connectivity index (χ2v) is 11.0. The molecule has 1 amide bonds. The summed E-state index contributed by atoms with van der Waals surface area (Å²) in [7, 11) is 3.02. The second kappa shape index (κ2) is 12.2. The smallest absolute Gasteiger partial charge is 0.416 e. The molecule has 10 heteroatoms. The molecular formula is C31H23F3N2O3S2. The van der Waals surface area contributed by atoms with E-state index in [0.717, 1.165) is 41.0 Å². The molecule has 0 unspecified atom stereocenters. The number of ether oxygens (including phenoxy) is 2.